The molecule has 0 saturated heterocycles. The molecule has 0 radical (unpaired) electrons. The highest BCUT2D eigenvalue weighted by Crippen LogP contribution is 2.29. The van der Waals surface area contributed by atoms with Crippen molar-refractivity contribution in [1.82, 2.24) is 14.8 Å². The van der Waals surface area contributed by atoms with Gasteiger partial charge in [0.15, 0.2) is 6.29 Å². The molecule has 0 N–H and O–H groups in total. The van der Waals surface area contributed by atoms with Gasteiger partial charge >= 0.3 is 0 Å². The number of pyridine rings is 1. The summed E-state index contributed by atoms with van der Waals surface area (Å²) in [5, 5.41) is 4.55. The van der Waals surface area contributed by atoms with E-state index in [0.717, 1.165) is 25.3 Å². The topological polar surface area (TPSA) is 47.8 Å². The number of hydrogen-bond donors (Lipinski definition) is 0. The van der Waals surface area contributed by atoms with Crippen LogP contribution in [0.1, 0.15) is 54.9 Å². The molecule has 2 aromatic heterocycles. The van der Waals surface area contributed by atoms with Gasteiger partial charge in [0.05, 0.1) is 23.5 Å². The fourth-order valence-electron chi connectivity index (χ4n) is 2.92. The molecule has 21 heavy (non-hydrogen) atoms. The van der Waals surface area contributed by atoms with Gasteiger partial charge in [0.25, 0.3) is 0 Å². The molecule has 0 aromatic carbocycles. The summed E-state index contributed by atoms with van der Waals surface area (Å²) < 4.78 is 14.9. The van der Waals surface area contributed by atoms with Crippen LogP contribution in [0.15, 0.2) is 24.5 Å². The van der Waals surface area contributed by atoms with Crippen molar-refractivity contribution in [2.45, 2.75) is 44.6 Å². The normalized spacial score (nSPS) is 16.6. The standard InChI is InChI=1S/C16H18FN3O/c17-13-7-8-15(18-9-13)16-12(11-21)10-20(19-16)14-5-3-1-2-4-6-14/h7-11,14H,1-6H2. The molecular formula is C16H18FN3O. The van der Waals surface area contributed by atoms with Crippen LogP contribution in [-0.4, -0.2) is 21.1 Å². The van der Waals surface area contributed by atoms with Gasteiger partial charge in [-0.1, -0.05) is 25.7 Å². The van der Waals surface area contributed by atoms with E-state index in [9.17, 15) is 9.18 Å². The van der Waals surface area contributed by atoms with Gasteiger partial charge in [-0.15, -0.1) is 0 Å². The zero-order chi connectivity index (χ0) is 14.7. The van der Waals surface area contributed by atoms with Crippen molar-refractivity contribution >= 4 is 6.29 Å². The molecule has 3 rings (SSSR count). The van der Waals surface area contributed by atoms with Crippen molar-refractivity contribution in [3.8, 4) is 11.4 Å². The predicted octanol–water partition coefficient (Wildman–Crippen LogP) is 3.79. The van der Waals surface area contributed by atoms with Crippen LogP contribution in [0.25, 0.3) is 11.4 Å². The van der Waals surface area contributed by atoms with Crippen molar-refractivity contribution < 1.29 is 9.18 Å². The molecule has 2 aromatic rings. The average Bonchev–Trinajstić information content (AvgIpc) is 2.75. The summed E-state index contributed by atoms with van der Waals surface area (Å²) in [7, 11) is 0. The maximum Gasteiger partial charge on any atom is 0.153 e. The van der Waals surface area contributed by atoms with Gasteiger partial charge in [0.2, 0.25) is 0 Å². The van der Waals surface area contributed by atoms with Gasteiger partial charge in [-0.25, -0.2) is 4.39 Å². The number of aromatic nitrogens is 3. The van der Waals surface area contributed by atoms with E-state index in [4.69, 9.17) is 0 Å². The maximum absolute atomic E-state index is 13.0. The molecule has 1 fully saturated rings. The summed E-state index contributed by atoms with van der Waals surface area (Å²) in [6.07, 6.45) is 10.9. The van der Waals surface area contributed by atoms with Crippen molar-refractivity contribution in [2.24, 2.45) is 0 Å². The highest BCUT2D eigenvalue weighted by Gasteiger charge is 2.19. The van der Waals surface area contributed by atoms with Crippen LogP contribution in [0.2, 0.25) is 0 Å². The Labute approximate surface area is 123 Å². The van der Waals surface area contributed by atoms with Gasteiger partial charge in [-0.3, -0.25) is 14.5 Å². The second-order valence-corrected chi connectivity index (χ2v) is 5.54. The molecule has 0 bridgehead atoms. The number of carbonyl (C=O) groups is 1. The lowest BCUT2D eigenvalue weighted by molar-refractivity contribution is 0.112. The minimum atomic E-state index is -0.394. The Morgan fingerprint density at radius 3 is 2.57 bits per heavy atom. The van der Waals surface area contributed by atoms with Gasteiger partial charge in [-0.2, -0.15) is 5.10 Å². The first-order chi connectivity index (χ1) is 10.3. The molecule has 0 aliphatic heterocycles. The second kappa shape index (κ2) is 6.16. The third-order valence-corrected chi connectivity index (χ3v) is 4.06. The van der Waals surface area contributed by atoms with E-state index in [1.807, 2.05) is 4.68 Å². The number of halogens is 1. The molecule has 4 nitrogen and oxygen atoms in total. The summed E-state index contributed by atoms with van der Waals surface area (Å²) in [5.74, 6) is -0.394. The fraction of sp³-hybridized carbons (Fsp3) is 0.438. The minimum Gasteiger partial charge on any atom is -0.298 e. The number of aldehydes is 1. The maximum atomic E-state index is 13.0. The van der Waals surface area contributed by atoms with Crippen LogP contribution < -0.4 is 0 Å². The van der Waals surface area contributed by atoms with E-state index in [2.05, 4.69) is 10.1 Å². The van der Waals surface area contributed by atoms with Crippen molar-refractivity contribution in [1.29, 1.82) is 0 Å². The van der Waals surface area contributed by atoms with Crippen molar-refractivity contribution in [3.05, 3.63) is 35.9 Å². The van der Waals surface area contributed by atoms with Crippen molar-refractivity contribution in [2.75, 3.05) is 0 Å². The highest BCUT2D eigenvalue weighted by molar-refractivity contribution is 5.84. The van der Waals surface area contributed by atoms with Crippen LogP contribution >= 0.6 is 0 Å². The Kier molecular flexibility index (Phi) is 4.08. The first-order valence-corrected chi connectivity index (χ1v) is 7.44. The summed E-state index contributed by atoms with van der Waals surface area (Å²) >= 11 is 0. The van der Waals surface area contributed by atoms with Gasteiger partial charge < -0.3 is 0 Å². The molecule has 1 saturated carbocycles. The lowest BCUT2D eigenvalue weighted by atomic mass is 10.1. The molecule has 0 atom stereocenters. The van der Waals surface area contributed by atoms with Crippen LogP contribution in [0.5, 0.6) is 0 Å². The monoisotopic (exact) mass is 287 g/mol. The number of carbonyl (C=O) groups excluding carboxylic acids is 1. The van der Waals surface area contributed by atoms with Gasteiger partial charge in [0.1, 0.15) is 11.5 Å². The Balaban J connectivity index is 1.93. The van der Waals surface area contributed by atoms with Gasteiger partial charge in [0, 0.05) is 6.20 Å². The lowest BCUT2D eigenvalue weighted by Crippen LogP contribution is -2.08. The number of rotatable bonds is 3. The van der Waals surface area contributed by atoms with E-state index in [1.54, 1.807) is 12.3 Å². The van der Waals surface area contributed by atoms with Crippen LogP contribution in [0, 0.1) is 5.82 Å². The molecule has 1 aliphatic carbocycles. The van der Waals surface area contributed by atoms with E-state index in [1.165, 1.54) is 31.7 Å². The summed E-state index contributed by atoms with van der Waals surface area (Å²) in [4.78, 5) is 15.3. The minimum absolute atomic E-state index is 0.348. The number of hydrogen-bond acceptors (Lipinski definition) is 3. The Hall–Kier alpha value is -2.04. The quantitative estimate of drug-likeness (QED) is 0.637. The predicted molar refractivity (Wildman–Crippen MR) is 77.5 cm³/mol. The highest BCUT2D eigenvalue weighted by atomic mass is 19.1. The Morgan fingerprint density at radius 2 is 1.95 bits per heavy atom. The zero-order valence-corrected chi connectivity index (χ0v) is 11.8. The third kappa shape index (κ3) is 3.01. The smallest absolute Gasteiger partial charge is 0.153 e. The van der Waals surface area contributed by atoms with E-state index < -0.39 is 5.82 Å². The zero-order valence-electron chi connectivity index (χ0n) is 11.8. The largest absolute Gasteiger partial charge is 0.298 e. The molecule has 5 heteroatoms. The lowest BCUT2D eigenvalue weighted by Gasteiger charge is -2.14. The van der Waals surface area contributed by atoms with Gasteiger partial charge in [-0.05, 0) is 25.0 Å². The molecular weight excluding hydrogens is 269 g/mol. The number of nitrogens with zero attached hydrogens (tertiary/aromatic N) is 3. The fourth-order valence-corrected chi connectivity index (χ4v) is 2.92. The Bertz CT molecular complexity index is 613. The summed E-state index contributed by atoms with van der Waals surface area (Å²) in [5.41, 5.74) is 1.58. The third-order valence-electron chi connectivity index (χ3n) is 4.06. The Morgan fingerprint density at radius 1 is 1.19 bits per heavy atom. The van der Waals surface area contributed by atoms with Crippen LogP contribution in [0.3, 0.4) is 0 Å². The molecule has 2 heterocycles. The average molecular weight is 287 g/mol. The molecule has 1 aliphatic rings. The van der Waals surface area contributed by atoms with Crippen LogP contribution in [-0.2, 0) is 0 Å². The van der Waals surface area contributed by atoms with Crippen LogP contribution in [0.4, 0.5) is 4.39 Å². The van der Waals surface area contributed by atoms with Crippen molar-refractivity contribution in [3.63, 3.8) is 0 Å². The van der Waals surface area contributed by atoms with E-state index >= 15 is 0 Å². The van der Waals surface area contributed by atoms with E-state index in [0.29, 0.717) is 23.0 Å². The molecule has 110 valence electrons. The molecule has 0 spiro atoms. The molecule has 0 amide bonds. The SMILES string of the molecule is O=Cc1cn(C2CCCCCC2)nc1-c1ccc(F)cn1. The first kappa shape index (κ1) is 13.9. The van der Waals surface area contributed by atoms with E-state index in [-0.39, 0.29) is 0 Å². The molecule has 0 unspecified atom stereocenters. The summed E-state index contributed by atoms with van der Waals surface area (Å²) in [6, 6.07) is 3.24. The first-order valence-electron chi connectivity index (χ1n) is 7.44. The summed E-state index contributed by atoms with van der Waals surface area (Å²) in [6.45, 7) is 0. The second-order valence-electron chi connectivity index (χ2n) is 5.54.